The zero-order chi connectivity index (χ0) is 11.4. The third kappa shape index (κ3) is 2.49. The zero-order valence-electron chi connectivity index (χ0n) is 9.07. The molecule has 1 amide bonds. The molecule has 16 heavy (non-hydrogen) atoms. The Balaban J connectivity index is 2.27. The van der Waals surface area contributed by atoms with Crippen molar-refractivity contribution < 1.29 is 4.79 Å². The van der Waals surface area contributed by atoms with Gasteiger partial charge in [0.05, 0.1) is 0 Å². The maximum absolute atomic E-state index is 10.9. The minimum Gasteiger partial charge on any atom is -0.352 e. The summed E-state index contributed by atoms with van der Waals surface area (Å²) in [5.41, 5.74) is 3.56. The molecule has 0 atom stereocenters. The molecule has 2 aromatic rings. The molecule has 0 radical (unpaired) electrons. The maximum atomic E-state index is 10.9. The van der Waals surface area contributed by atoms with E-state index in [4.69, 9.17) is 0 Å². The van der Waals surface area contributed by atoms with E-state index < -0.39 is 0 Å². The van der Waals surface area contributed by atoms with Crippen LogP contribution in [0, 0.1) is 0 Å². The van der Waals surface area contributed by atoms with Crippen LogP contribution in [0.2, 0.25) is 0 Å². The quantitative estimate of drug-likeness (QED) is 0.864. The van der Waals surface area contributed by atoms with E-state index >= 15 is 0 Å². The van der Waals surface area contributed by atoms with Crippen LogP contribution in [0.15, 0.2) is 41.1 Å². The van der Waals surface area contributed by atoms with Gasteiger partial charge in [-0.05, 0) is 33.5 Å². The summed E-state index contributed by atoms with van der Waals surface area (Å²) in [5, 5.41) is 7.01. The van der Waals surface area contributed by atoms with E-state index in [0.29, 0.717) is 6.54 Å². The Morgan fingerprint density at radius 3 is 2.81 bits per heavy atom. The summed E-state index contributed by atoms with van der Waals surface area (Å²) < 4.78 is 0. The second-order valence-electron chi connectivity index (χ2n) is 3.58. The van der Waals surface area contributed by atoms with Gasteiger partial charge in [0.15, 0.2) is 0 Å². The van der Waals surface area contributed by atoms with Crippen molar-refractivity contribution in [3.05, 3.63) is 46.7 Å². The number of carbonyl (C=O) groups excluding carboxylic acids is 1. The second-order valence-corrected chi connectivity index (χ2v) is 4.36. The first-order chi connectivity index (χ1) is 7.77. The molecule has 0 fully saturated rings. The first kappa shape index (κ1) is 10.9. The smallest absolute Gasteiger partial charge is 0.217 e. The van der Waals surface area contributed by atoms with Gasteiger partial charge < -0.3 is 5.32 Å². The fraction of sp³-hybridized carbons (Fsp3) is 0.154. The molecule has 0 saturated carbocycles. The van der Waals surface area contributed by atoms with Gasteiger partial charge in [-0.15, -0.1) is 0 Å². The average Bonchev–Trinajstić information content (AvgIpc) is 2.80. The van der Waals surface area contributed by atoms with Crippen LogP contribution in [-0.2, 0) is 11.3 Å². The highest BCUT2D eigenvalue weighted by Gasteiger charge is 2.04. The molecule has 1 aromatic carbocycles. The molecule has 1 N–H and O–H groups in total. The molecule has 1 aromatic heterocycles. The molecule has 2 rings (SSSR count). The summed E-state index contributed by atoms with van der Waals surface area (Å²) >= 11 is 1.68. The highest BCUT2D eigenvalue weighted by molar-refractivity contribution is 7.08. The number of rotatable bonds is 3. The van der Waals surface area contributed by atoms with E-state index in [-0.39, 0.29) is 5.91 Å². The average molecular weight is 231 g/mol. The minimum absolute atomic E-state index is 0.000113. The van der Waals surface area contributed by atoms with Crippen molar-refractivity contribution >= 4 is 17.2 Å². The molecule has 3 heteroatoms. The summed E-state index contributed by atoms with van der Waals surface area (Å²) in [6.45, 7) is 2.12. The Hall–Kier alpha value is -1.61. The highest BCUT2D eigenvalue weighted by Crippen LogP contribution is 2.25. The van der Waals surface area contributed by atoms with Crippen LogP contribution in [0.3, 0.4) is 0 Å². The maximum Gasteiger partial charge on any atom is 0.217 e. The van der Waals surface area contributed by atoms with Crippen molar-refractivity contribution in [1.82, 2.24) is 5.32 Å². The number of benzene rings is 1. The van der Waals surface area contributed by atoms with Gasteiger partial charge >= 0.3 is 0 Å². The lowest BCUT2D eigenvalue weighted by atomic mass is 10.0. The number of nitrogens with one attached hydrogen (secondary N) is 1. The largest absolute Gasteiger partial charge is 0.352 e. The predicted octanol–water partition coefficient (Wildman–Crippen LogP) is 3.05. The number of hydrogen-bond donors (Lipinski definition) is 1. The first-order valence-electron chi connectivity index (χ1n) is 5.12. The lowest BCUT2D eigenvalue weighted by molar-refractivity contribution is -0.119. The monoisotopic (exact) mass is 231 g/mol. The second kappa shape index (κ2) is 4.94. The molecule has 0 aliphatic carbocycles. The van der Waals surface area contributed by atoms with Crippen molar-refractivity contribution in [3.8, 4) is 11.1 Å². The van der Waals surface area contributed by atoms with Crippen molar-refractivity contribution in [3.63, 3.8) is 0 Å². The Bertz CT molecular complexity index is 476. The fourth-order valence-electron chi connectivity index (χ4n) is 1.59. The Labute approximate surface area is 98.9 Å². The summed E-state index contributed by atoms with van der Waals surface area (Å²) in [5.74, 6) is 0.000113. The molecule has 2 nitrogen and oxygen atoms in total. The van der Waals surface area contributed by atoms with Gasteiger partial charge in [0.25, 0.3) is 0 Å². The number of thiophene rings is 1. The van der Waals surface area contributed by atoms with E-state index in [2.05, 4.69) is 28.2 Å². The molecule has 0 saturated heterocycles. The molecular formula is C13H13NOS. The van der Waals surface area contributed by atoms with Crippen molar-refractivity contribution in [1.29, 1.82) is 0 Å². The SMILES string of the molecule is CC(=O)NCc1ccccc1-c1ccsc1. The Kier molecular flexibility index (Phi) is 3.37. The van der Waals surface area contributed by atoms with E-state index in [9.17, 15) is 4.79 Å². The van der Waals surface area contributed by atoms with Crippen LogP contribution in [0.1, 0.15) is 12.5 Å². The van der Waals surface area contributed by atoms with Crippen LogP contribution in [-0.4, -0.2) is 5.91 Å². The minimum atomic E-state index is 0.000113. The third-order valence-electron chi connectivity index (χ3n) is 2.38. The highest BCUT2D eigenvalue weighted by atomic mass is 32.1. The fourth-order valence-corrected chi connectivity index (χ4v) is 2.25. The lowest BCUT2D eigenvalue weighted by Crippen LogP contribution is -2.19. The summed E-state index contributed by atoms with van der Waals surface area (Å²) in [6, 6.07) is 10.2. The van der Waals surface area contributed by atoms with Gasteiger partial charge in [0, 0.05) is 13.5 Å². The van der Waals surface area contributed by atoms with Gasteiger partial charge in [-0.1, -0.05) is 24.3 Å². The predicted molar refractivity (Wildman–Crippen MR) is 67.3 cm³/mol. The lowest BCUT2D eigenvalue weighted by Gasteiger charge is -2.08. The van der Waals surface area contributed by atoms with E-state index in [0.717, 1.165) is 5.56 Å². The molecule has 0 aliphatic rings. The van der Waals surface area contributed by atoms with E-state index in [1.54, 1.807) is 11.3 Å². The molecular weight excluding hydrogens is 218 g/mol. The molecule has 0 bridgehead atoms. The van der Waals surface area contributed by atoms with E-state index in [1.807, 2.05) is 18.2 Å². The van der Waals surface area contributed by atoms with Crippen LogP contribution in [0.5, 0.6) is 0 Å². The normalized spacial score (nSPS) is 10.1. The Morgan fingerprint density at radius 2 is 2.12 bits per heavy atom. The van der Waals surface area contributed by atoms with Crippen molar-refractivity contribution in [2.24, 2.45) is 0 Å². The molecule has 1 heterocycles. The van der Waals surface area contributed by atoms with Crippen molar-refractivity contribution in [2.75, 3.05) is 0 Å². The molecule has 0 unspecified atom stereocenters. The van der Waals surface area contributed by atoms with Crippen LogP contribution >= 0.6 is 11.3 Å². The van der Waals surface area contributed by atoms with Gasteiger partial charge in [0.1, 0.15) is 0 Å². The Morgan fingerprint density at radius 1 is 1.31 bits per heavy atom. The topological polar surface area (TPSA) is 29.1 Å². The van der Waals surface area contributed by atoms with E-state index in [1.165, 1.54) is 18.1 Å². The summed E-state index contributed by atoms with van der Waals surface area (Å²) in [7, 11) is 0. The number of carbonyl (C=O) groups is 1. The number of amides is 1. The summed E-state index contributed by atoms with van der Waals surface area (Å²) in [6.07, 6.45) is 0. The van der Waals surface area contributed by atoms with Gasteiger partial charge in [-0.2, -0.15) is 11.3 Å². The van der Waals surface area contributed by atoms with Crippen LogP contribution in [0.4, 0.5) is 0 Å². The standard InChI is InChI=1S/C13H13NOS/c1-10(15)14-8-11-4-2-3-5-13(11)12-6-7-16-9-12/h2-7,9H,8H2,1H3,(H,14,15). The number of hydrogen-bond acceptors (Lipinski definition) is 2. The summed E-state index contributed by atoms with van der Waals surface area (Å²) in [4.78, 5) is 10.9. The molecule has 0 spiro atoms. The zero-order valence-corrected chi connectivity index (χ0v) is 9.88. The molecule has 82 valence electrons. The van der Waals surface area contributed by atoms with Crippen LogP contribution in [0.25, 0.3) is 11.1 Å². The molecule has 0 aliphatic heterocycles. The van der Waals surface area contributed by atoms with Crippen LogP contribution < -0.4 is 5.32 Å². The van der Waals surface area contributed by atoms with Gasteiger partial charge in [0.2, 0.25) is 5.91 Å². The van der Waals surface area contributed by atoms with Gasteiger partial charge in [-0.3, -0.25) is 4.79 Å². The third-order valence-corrected chi connectivity index (χ3v) is 3.06. The van der Waals surface area contributed by atoms with Gasteiger partial charge in [-0.25, -0.2) is 0 Å². The first-order valence-corrected chi connectivity index (χ1v) is 6.06. The van der Waals surface area contributed by atoms with Crippen molar-refractivity contribution in [2.45, 2.75) is 13.5 Å².